The minimum absolute atomic E-state index is 0.0232. The molecule has 2 N–H and O–H groups in total. The number of sulfonamides is 1. The largest absolute Gasteiger partial charge is 0.480 e. The summed E-state index contributed by atoms with van der Waals surface area (Å²) in [5.74, 6) is -1.22. The van der Waals surface area contributed by atoms with E-state index in [1.54, 1.807) is 36.4 Å². The second-order valence-corrected chi connectivity index (χ2v) is 7.29. The summed E-state index contributed by atoms with van der Waals surface area (Å²) in [6.07, 6.45) is 0.0753. The molecule has 116 valence electrons. The SMILES string of the molecule is O=C(O)[C@H](Cc1ccccc1)NS(=O)(=O)c1ccc(Br)cc1. The zero-order valence-corrected chi connectivity index (χ0v) is 13.8. The maximum Gasteiger partial charge on any atom is 0.322 e. The van der Waals surface area contributed by atoms with Gasteiger partial charge in [0.2, 0.25) is 10.0 Å². The Bertz CT molecular complexity index is 745. The van der Waals surface area contributed by atoms with Crippen LogP contribution in [0.4, 0.5) is 0 Å². The molecular weight excluding hydrogens is 370 g/mol. The maximum atomic E-state index is 12.3. The first-order chi connectivity index (χ1) is 10.4. The minimum Gasteiger partial charge on any atom is -0.480 e. The van der Waals surface area contributed by atoms with Crippen molar-refractivity contribution in [1.29, 1.82) is 0 Å². The fourth-order valence-electron chi connectivity index (χ4n) is 1.90. The summed E-state index contributed by atoms with van der Waals surface area (Å²) in [4.78, 5) is 11.4. The molecule has 0 amide bonds. The molecule has 0 aliphatic carbocycles. The topological polar surface area (TPSA) is 83.5 Å². The molecule has 0 bridgehead atoms. The average molecular weight is 384 g/mol. The number of nitrogens with one attached hydrogen (secondary N) is 1. The zero-order chi connectivity index (χ0) is 16.2. The molecule has 0 fully saturated rings. The first-order valence-corrected chi connectivity index (χ1v) is 8.71. The molecule has 2 aromatic rings. The summed E-state index contributed by atoms with van der Waals surface area (Å²) >= 11 is 3.22. The molecule has 2 rings (SSSR count). The predicted octanol–water partition coefficient (Wildman–Crippen LogP) is 2.42. The Kier molecular flexibility index (Phi) is 5.33. The van der Waals surface area contributed by atoms with Gasteiger partial charge in [0.05, 0.1) is 4.90 Å². The lowest BCUT2D eigenvalue weighted by Gasteiger charge is -2.15. The highest BCUT2D eigenvalue weighted by Crippen LogP contribution is 2.15. The van der Waals surface area contributed by atoms with Gasteiger partial charge in [0.15, 0.2) is 0 Å². The molecule has 0 radical (unpaired) electrons. The van der Waals surface area contributed by atoms with E-state index >= 15 is 0 Å². The van der Waals surface area contributed by atoms with Crippen molar-refractivity contribution in [2.45, 2.75) is 17.4 Å². The normalized spacial score (nSPS) is 12.8. The first kappa shape index (κ1) is 16.7. The smallest absolute Gasteiger partial charge is 0.322 e. The Morgan fingerprint density at radius 1 is 1.09 bits per heavy atom. The van der Waals surface area contributed by atoms with Gasteiger partial charge in [-0.25, -0.2) is 8.42 Å². The highest BCUT2D eigenvalue weighted by atomic mass is 79.9. The molecule has 0 aliphatic heterocycles. The van der Waals surface area contributed by atoms with E-state index in [0.29, 0.717) is 0 Å². The number of hydrogen-bond acceptors (Lipinski definition) is 3. The fourth-order valence-corrected chi connectivity index (χ4v) is 3.35. The Balaban J connectivity index is 2.20. The Morgan fingerprint density at radius 2 is 1.68 bits per heavy atom. The second kappa shape index (κ2) is 7.04. The Labute approximate surface area is 137 Å². The number of carboxylic acids is 1. The van der Waals surface area contributed by atoms with E-state index < -0.39 is 22.0 Å². The summed E-state index contributed by atoms with van der Waals surface area (Å²) in [5, 5.41) is 9.25. The molecule has 0 saturated heterocycles. The third-order valence-corrected chi connectivity index (χ3v) is 5.02. The third kappa shape index (κ3) is 4.40. The Morgan fingerprint density at radius 3 is 2.23 bits per heavy atom. The van der Waals surface area contributed by atoms with Crippen LogP contribution in [0.2, 0.25) is 0 Å². The van der Waals surface area contributed by atoms with Gasteiger partial charge < -0.3 is 5.11 Å². The van der Waals surface area contributed by atoms with E-state index in [0.717, 1.165) is 10.0 Å². The molecule has 2 aromatic carbocycles. The van der Waals surface area contributed by atoms with Crippen LogP contribution in [-0.2, 0) is 21.2 Å². The molecule has 0 unspecified atom stereocenters. The number of carboxylic acid groups (broad SMARTS) is 1. The molecule has 5 nitrogen and oxygen atoms in total. The van der Waals surface area contributed by atoms with Crippen molar-refractivity contribution >= 4 is 31.9 Å². The standard InChI is InChI=1S/C15H14BrNO4S/c16-12-6-8-13(9-7-12)22(20,21)17-14(15(18)19)10-11-4-2-1-3-5-11/h1-9,14,17H,10H2,(H,18,19)/t14-/m0/s1. The fraction of sp³-hybridized carbons (Fsp3) is 0.133. The highest BCUT2D eigenvalue weighted by molar-refractivity contribution is 9.10. The molecule has 0 spiro atoms. The van der Waals surface area contributed by atoms with Crippen LogP contribution >= 0.6 is 15.9 Å². The van der Waals surface area contributed by atoms with Gasteiger partial charge in [0.25, 0.3) is 0 Å². The second-order valence-electron chi connectivity index (χ2n) is 4.66. The summed E-state index contributed by atoms with van der Waals surface area (Å²) < 4.78 is 27.5. The van der Waals surface area contributed by atoms with Crippen LogP contribution in [0.25, 0.3) is 0 Å². The van der Waals surface area contributed by atoms with Gasteiger partial charge in [-0.05, 0) is 36.2 Å². The highest BCUT2D eigenvalue weighted by Gasteiger charge is 2.25. The molecule has 0 saturated carbocycles. The predicted molar refractivity (Wildman–Crippen MR) is 86.0 cm³/mol. The quantitative estimate of drug-likeness (QED) is 0.802. The summed E-state index contributed by atoms with van der Waals surface area (Å²) in [6, 6.07) is 13.6. The molecule has 7 heteroatoms. The van der Waals surface area contributed by atoms with Gasteiger partial charge in [-0.3, -0.25) is 4.79 Å². The van der Waals surface area contributed by atoms with E-state index in [1.165, 1.54) is 12.1 Å². The van der Waals surface area contributed by atoms with Crippen LogP contribution in [0.15, 0.2) is 64.0 Å². The van der Waals surface area contributed by atoms with Crippen molar-refractivity contribution in [2.24, 2.45) is 0 Å². The monoisotopic (exact) mass is 383 g/mol. The number of carbonyl (C=O) groups is 1. The third-order valence-electron chi connectivity index (χ3n) is 3.00. The molecular formula is C15H14BrNO4S. The number of halogens is 1. The summed E-state index contributed by atoms with van der Waals surface area (Å²) in [6.45, 7) is 0. The Hall–Kier alpha value is -1.70. The average Bonchev–Trinajstić information content (AvgIpc) is 2.48. The lowest BCUT2D eigenvalue weighted by molar-refractivity contribution is -0.138. The van der Waals surface area contributed by atoms with E-state index in [2.05, 4.69) is 20.7 Å². The number of aliphatic carboxylic acids is 1. The van der Waals surface area contributed by atoms with Crippen molar-refractivity contribution < 1.29 is 18.3 Å². The van der Waals surface area contributed by atoms with Crippen LogP contribution in [0.1, 0.15) is 5.56 Å². The molecule has 0 heterocycles. The zero-order valence-electron chi connectivity index (χ0n) is 11.4. The van der Waals surface area contributed by atoms with Crippen molar-refractivity contribution in [3.63, 3.8) is 0 Å². The van der Waals surface area contributed by atoms with Gasteiger partial charge in [-0.15, -0.1) is 0 Å². The van der Waals surface area contributed by atoms with Crippen LogP contribution < -0.4 is 4.72 Å². The molecule has 0 aromatic heterocycles. The lowest BCUT2D eigenvalue weighted by atomic mass is 10.1. The van der Waals surface area contributed by atoms with Crippen molar-refractivity contribution in [2.75, 3.05) is 0 Å². The van der Waals surface area contributed by atoms with Crippen LogP contribution in [-0.4, -0.2) is 25.5 Å². The number of benzene rings is 2. The van der Waals surface area contributed by atoms with E-state index in [4.69, 9.17) is 0 Å². The minimum atomic E-state index is -3.89. The number of hydrogen-bond donors (Lipinski definition) is 2. The van der Waals surface area contributed by atoms with Crippen LogP contribution in [0.5, 0.6) is 0 Å². The molecule has 0 aliphatic rings. The molecule has 22 heavy (non-hydrogen) atoms. The van der Waals surface area contributed by atoms with Gasteiger partial charge in [-0.2, -0.15) is 4.72 Å². The van der Waals surface area contributed by atoms with Crippen molar-refractivity contribution in [3.05, 3.63) is 64.6 Å². The van der Waals surface area contributed by atoms with E-state index in [1.807, 2.05) is 6.07 Å². The van der Waals surface area contributed by atoms with Gasteiger partial charge in [0, 0.05) is 4.47 Å². The van der Waals surface area contributed by atoms with E-state index in [-0.39, 0.29) is 11.3 Å². The van der Waals surface area contributed by atoms with Crippen LogP contribution in [0.3, 0.4) is 0 Å². The van der Waals surface area contributed by atoms with E-state index in [9.17, 15) is 18.3 Å². The summed E-state index contributed by atoms with van der Waals surface area (Å²) in [7, 11) is -3.89. The van der Waals surface area contributed by atoms with Crippen molar-refractivity contribution in [3.8, 4) is 0 Å². The van der Waals surface area contributed by atoms with Crippen molar-refractivity contribution in [1.82, 2.24) is 4.72 Å². The molecule has 1 atom stereocenters. The lowest BCUT2D eigenvalue weighted by Crippen LogP contribution is -2.42. The number of rotatable bonds is 6. The summed E-state index contributed by atoms with van der Waals surface area (Å²) in [5.41, 5.74) is 0.744. The van der Waals surface area contributed by atoms with Gasteiger partial charge in [-0.1, -0.05) is 46.3 Å². The van der Waals surface area contributed by atoms with Gasteiger partial charge >= 0.3 is 5.97 Å². The maximum absolute atomic E-state index is 12.3. The first-order valence-electron chi connectivity index (χ1n) is 6.43. The van der Waals surface area contributed by atoms with Crippen LogP contribution in [0, 0.1) is 0 Å². The van der Waals surface area contributed by atoms with Gasteiger partial charge in [0.1, 0.15) is 6.04 Å².